The number of hydrogen-bond donors (Lipinski definition) is 2. The van der Waals surface area contributed by atoms with Crippen LogP contribution in [0.25, 0.3) is 0 Å². The number of rotatable bonds is 13. The first kappa shape index (κ1) is 46.0. The number of ether oxygens (including phenoxy) is 2. The van der Waals surface area contributed by atoms with E-state index in [9.17, 15) is 32.9 Å². The lowest BCUT2D eigenvalue weighted by atomic mass is 9.77. The molecule has 0 bridgehead atoms. The fraction of sp³-hybridized carbons (Fsp3) is 0.426. The van der Waals surface area contributed by atoms with Crippen molar-refractivity contribution in [2.24, 2.45) is 0 Å². The molecule has 1 aromatic heterocycles. The van der Waals surface area contributed by atoms with Gasteiger partial charge in [-0.1, -0.05) is 37.6 Å². The fourth-order valence-corrected chi connectivity index (χ4v) is 11.1. The zero-order chi connectivity index (χ0) is 47.2. The first-order valence-corrected chi connectivity index (χ1v) is 24.1. The normalized spacial score (nSPS) is 20.3. The lowest BCUT2D eigenvalue weighted by molar-refractivity contribution is -0.136. The number of piperidine rings is 2. The van der Waals surface area contributed by atoms with E-state index in [4.69, 9.17) is 21.1 Å². The van der Waals surface area contributed by atoms with Crippen molar-refractivity contribution in [3.8, 4) is 17.6 Å². The summed E-state index contributed by atoms with van der Waals surface area (Å²) < 4.78 is 42.3. The van der Waals surface area contributed by atoms with Gasteiger partial charge in [-0.2, -0.15) is 18.0 Å². The number of nitrogens with zero attached hydrogens (tertiary/aromatic N) is 8. The van der Waals surface area contributed by atoms with E-state index in [1.807, 2.05) is 50.2 Å². The number of nitriles is 1. The molecule has 0 saturated carbocycles. The van der Waals surface area contributed by atoms with Crippen LogP contribution in [0.15, 0.2) is 66.9 Å². The van der Waals surface area contributed by atoms with Gasteiger partial charge in [0.15, 0.2) is 5.75 Å². The highest BCUT2D eigenvalue weighted by Gasteiger charge is 2.45. The minimum absolute atomic E-state index is 0.0337. The molecule has 4 amide bonds. The highest BCUT2D eigenvalue weighted by molar-refractivity contribution is 7.90. The molecule has 2 N–H and O–H groups in total. The van der Waals surface area contributed by atoms with E-state index in [0.29, 0.717) is 66.0 Å². The molecule has 67 heavy (non-hydrogen) atoms. The minimum atomic E-state index is -3.91. The van der Waals surface area contributed by atoms with Crippen molar-refractivity contribution in [3.05, 3.63) is 105 Å². The molecule has 0 spiro atoms. The SMILES string of the molecule is COc1c(Cl)cc(C(C)(C)c2ccc(OCc3ccnc(NS(=O)(=O)N4CCN(C5CCN(C6CN(c7ccc8c(c7)C(=O)N(C7CCC(=O)NC7=O)C8=O)C6)CC5)CC4)n3)cc2)cc1C#N. The predicted molar refractivity (Wildman–Crippen MR) is 247 cm³/mol. The molecule has 4 fully saturated rings. The molecule has 6 heterocycles. The molecule has 0 aliphatic carbocycles. The quantitative estimate of drug-likeness (QED) is 0.182. The zero-order valence-corrected chi connectivity index (χ0v) is 39.0. The first-order chi connectivity index (χ1) is 32.1. The van der Waals surface area contributed by atoms with E-state index >= 15 is 0 Å². The van der Waals surface area contributed by atoms with Gasteiger partial charge in [0.2, 0.25) is 17.8 Å². The van der Waals surface area contributed by atoms with Crippen LogP contribution >= 0.6 is 11.6 Å². The van der Waals surface area contributed by atoms with Crippen LogP contribution in [0.4, 0.5) is 11.6 Å². The Bertz CT molecular complexity index is 2760. The van der Waals surface area contributed by atoms with Gasteiger partial charge in [-0.3, -0.25) is 39.2 Å². The van der Waals surface area contributed by atoms with E-state index in [-0.39, 0.29) is 36.5 Å². The number of amides is 4. The molecule has 5 aliphatic rings. The van der Waals surface area contributed by atoms with Crippen molar-refractivity contribution in [3.63, 3.8) is 0 Å². The van der Waals surface area contributed by atoms with Crippen LogP contribution in [0.5, 0.6) is 11.5 Å². The lowest BCUT2D eigenvalue weighted by Gasteiger charge is -2.50. The molecular formula is C47H51ClN10O8S. The molecule has 5 aliphatic heterocycles. The smallest absolute Gasteiger partial charge is 0.304 e. The van der Waals surface area contributed by atoms with Crippen LogP contribution in [-0.4, -0.2) is 139 Å². The van der Waals surface area contributed by atoms with E-state index < -0.39 is 45.3 Å². The monoisotopic (exact) mass is 950 g/mol. The predicted octanol–water partition coefficient (Wildman–Crippen LogP) is 3.94. The number of aromatic nitrogens is 2. The summed E-state index contributed by atoms with van der Waals surface area (Å²) in [6.45, 7) is 9.50. The molecule has 18 nitrogen and oxygen atoms in total. The number of imide groups is 2. The lowest BCUT2D eigenvalue weighted by Crippen LogP contribution is -2.62. The molecule has 4 aromatic rings. The van der Waals surface area contributed by atoms with Gasteiger partial charge in [0.1, 0.15) is 24.5 Å². The van der Waals surface area contributed by atoms with Crippen LogP contribution in [0.1, 0.15) is 82.6 Å². The molecule has 350 valence electrons. The van der Waals surface area contributed by atoms with Crippen molar-refractivity contribution in [1.82, 2.24) is 34.3 Å². The van der Waals surface area contributed by atoms with Crippen LogP contribution in [0.2, 0.25) is 5.02 Å². The molecule has 9 rings (SSSR count). The molecule has 1 atom stereocenters. The van der Waals surface area contributed by atoms with Gasteiger partial charge in [-0.25, -0.2) is 14.7 Å². The van der Waals surface area contributed by atoms with Crippen LogP contribution in [0.3, 0.4) is 0 Å². The van der Waals surface area contributed by atoms with E-state index in [0.717, 1.165) is 60.7 Å². The summed E-state index contributed by atoms with van der Waals surface area (Å²) in [5.74, 6) is -1.15. The van der Waals surface area contributed by atoms with Gasteiger partial charge in [0.05, 0.1) is 34.5 Å². The number of anilines is 2. The summed E-state index contributed by atoms with van der Waals surface area (Å²) in [5, 5.41) is 12.2. The maximum Gasteiger partial charge on any atom is 0.304 e. The summed E-state index contributed by atoms with van der Waals surface area (Å²) in [6, 6.07) is 20.0. The standard InChI is InChI=1S/C47H51ClN10O8S/c1-47(2,31-22-29(25-49)42(65-3)39(48)23-31)30-4-7-36(8-5-30)66-28-32-12-15-50-46(51-32)53-67(63,64)57-20-18-55(19-21-57)33-13-16-54(17-14-33)35-26-56(27-35)34-6-9-37-38(24-34)45(62)58(44(37)61)40-10-11-41(59)52-43(40)60/h4-9,12,15,22-24,33,35,40H,10-11,13-14,16-21,26-28H2,1-3H3,(H,50,51,53)(H,52,59,60). The molecular weight excluding hydrogens is 900 g/mol. The molecule has 4 saturated heterocycles. The van der Waals surface area contributed by atoms with E-state index in [2.05, 4.69) is 40.8 Å². The first-order valence-electron chi connectivity index (χ1n) is 22.3. The van der Waals surface area contributed by atoms with Crippen LogP contribution in [-0.2, 0) is 31.8 Å². The third-order valence-corrected chi connectivity index (χ3v) is 15.5. The Morgan fingerprint density at radius 1 is 0.866 bits per heavy atom. The maximum absolute atomic E-state index is 13.5. The Labute approximate surface area is 394 Å². The third-order valence-electron chi connectivity index (χ3n) is 13.8. The Morgan fingerprint density at radius 2 is 1.57 bits per heavy atom. The Balaban J connectivity index is 0.713. The average Bonchev–Trinajstić information content (AvgIpc) is 3.55. The largest absolute Gasteiger partial charge is 0.494 e. The van der Waals surface area contributed by atoms with Crippen molar-refractivity contribution in [2.45, 2.75) is 69.7 Å². The molecule has 20 heteroatoms. The number of piperazine rings is 1. The summed E-state index contributed by atoms with van der Waals surface area (Å²) in [6.07, 6.45) is 3.63. The molecule has 0 radical (unpaired) electrons. The van der Waals surface area contributed by atoms with Gasteiger partial charge in [-0.05, 0) is 78.9 Å². The van der Waals surface area contributed by atoms with E-state index in [1.165, 1.54) is 17.6 Å². The second kappa shape index (κ2) is 18.5. The molecule has 3 aromatic carbocycles. The number of fused-ring (bicyclic) bond motifs is 1. The van der Waals surface area contributed by atoms with Crippen molar-refractivity contribution >= 4 is 57.1 Å². The summed E-state index contributed by atoms with van der Waals surface area (Å²) in [4.78, 5) is 67.2. The summed E-state index contributed by atoms with van der Waals surface area (Å²) in [7, 11) is -2.43. The number of carbonyl (C=O) groups is 4. The summed E-state index contributed by atoms with van der Waals surface area (Å²) in [5.41, 5.74) is 3.61. The van der Waals surface area contributed by atoms with Gasteiger partial charge in [0.25, 0.3) is 11.8 Å². The van der Waals surface area contributed by atoms with Gasteiger partial charge >= 0.3 is 10.2 Å². The van der Waals surface area contributed by atoms with E-state index in [1.54, 1.807) is 24.3 Å². The third kappa shape index (κ3) is 9.16. The van der Waals surface area contributed by atoms with Crippen molar-refractivity contribution in [2.75, 3.05) is 69.1 Å². The average molecular weight is 952 g/mol. The number of carbonyl (C=O) groups excluding carboxylic acids is 4. The Hall–Kier alpha value is -6.17. The number of halogens is 1. The highest BCUT2D eigenvalue weighted by Crippen LogP contribution is 2.39. The number of likely N-dealkylation sites (tertiary alicyclic amines) is 1. The zero-order valence-electron chi connectivity index (χ0n) is 37.4. The maximum atomic E-state index is 13.5. The number of methoxy groups -OCH3 is 1. The second-order valence-corrected chi connectivity index (χ2v) is 20.1. The van der Waals surface area contributed by atoms with Crippen LogP contribution in [0, 0.1) is 11.3 Å². The number of nitrogens with one attached hydrogen (secondary N) is 2. The topological polar surface area (TPSA) is 211 Å². The van der Waals surface area contributed by atoms with Crippen LogP contribution < -0.4 is 24.4 Å². The van der Waals surface area contributed by atoms with Crippen molar-refractivity contribution < 1.29 is 37.1 Å². The number of benzene rings is 3. The highest BCUT2D eigenvalue weighted by atomic mass is 35.5. The summed E-state index contributed by atoms with van der Waals surface area (Å²) >= 11 is 6.44. The Kier molecular flexibility index (Phi) is 12.7. The number of hydrogen-bond acceptors (Lipinski definition) is 14. The van der Waals surface area contributed by atoms with Crippen molar-refractivity contribution in [1.29, 1.82) is 5.26 Å². The fourth-order valence-electron chi connectivity index (χ4n) is 9.72. The Morgan fingerprint density at radius 3 is 2.25 bits per heavy atom. The molecule has 1 unspecified atom stereocenters. The van der Waals surface area contributed by atoms with Gasteiger partial charge < -0.3 is 14.4 Å². The minimum Gasteiger partial charge on any atom is -0.494 e. The van der Waals surface area contributed by atoms with Gasteiger partial charge in [-0.15, -0.1) is 0 Å². The van der Waals surface area contributed by atoms with Gasteiger partial charge in [0, 0.05) is 88.2 Å². The second-order valence-electron chi connectivity index (χ2n) is 18.0.